The van der Waals surface area contributed by atoms with Gasteiger partial charge in [-0.05, 0) is 67.7 Å². The van der Waals surface area contributed by atoms with Crippen molar-refractivity contribution in [3.05, 3.63) is 63.5 Å². The van der Waals surface area contributed by atoms with Crippen LogP contribution in [0.15, 0.2) is 47.4 Å². The van der Waals surface area contributed by atoms with Crippen LogP contribution in [0.25, 0.3) is 0 Å². The molecule has 1 fully saturated rings. The van der Waals surface area contributed by atoms with E-state index in [1.54, 1.807) is 17.7 Å². The Morgan fingerprint density at radius 1 is 1.17 bits per heavy atom. The second kappa shape index (κ2) is 7.86. The van der Waals surface area contributed by atoms with Crippen molar-refractivity contribution in [3.63, 3.8) is 0 Å². The zero-order valence-electron chi connectivity index (χ0n) is 14.0. The molecule has 128 valence electrons. The van der Waals surface area contributed by atoms with Gasteiger partial charge in [-0.2, -0.15) is 0 Å². The molecule has 1 aromatic carbocycles. The second-order valence-electron chi connectivity index (χ2n) is 6.33. The van der Waals surface area contributed by atoms with Gasteiger partial charge < -0.3 is 9.30 Å². The maximum atomic E-state index is 11.8. The van der Waals surface area contributed by atoms with Gasteiger partial charge in [0.15, 0.2) is 0 Å². The predicted molar refractivity (Wildman–Crippen MR) is 97.0 cm³/mol. The van der Waals surface area contributed by atoms with Crippen LogP contribution in [0.4, 0.5) is 0 Å². The fourth-order valence-electron chi connectivity index (χ4n) is 3.13. The van der Waals surface area contributed by atoms with Crippen molar-refractivity contribution in [1.82, 2.24) is 9.47 Å². The molecule has 3 rings (SSSR count). The van der Waals surface area contributed by atoms with Crippen LogP contribution in [0.3, 0.4) is 0 Å². The minimum absolute atomic E-state index is 0.0753. The Labute approximate surface area is 147 Å². The molecule has 1 saturated heterocycles. The highest BCUT2D eigenvalue weighted by atomic mass is 35.5. The van der Waals surface area contributed by atoms with Crippen molar-refractivity contribution in [2.75, 3.05) is 26.2 Å². The molecule has 0 bridgehead atoms. The molecule has 0 radical (unpaired) electrons. The highest BCUT2D eigenvalue weighted by Crippen LogP contribution is 2.26. The van der Waals surface area contributed by atoms with Crippen molar-refractivity contribution >= 4 is 11.6 Å². The lowest BCUT2D eigenvalue weighted by Gasteiger charge is -2.32. The Morgan fingerprint density at radius 3 is 2.54 bits per heavy atom. The fraction of sp³-hybridized carbons (Fsp3) is 0.421. The van der Waals surface area contributed by atoms with Crippen LogP contribution < -0.4 is 10.3 Å². The quantitative estimate of drug-likeness (QED) is 0.833. The van der Waals surface area contributed by atoms with E-state index in [0.29, 0.717) is 12.5 Å². The molecule has 0 spiro atoms. The summed E-state index contributed by atoms with van der Waals surface area (Å²) >= 11 is 5.87. The lowest BCUT2D eigenvalue weighted by atomic mass is 9.90. The first-order valence-electron chi connectivity index (χ1n) is 8.39. The van der Waals surface area contributed by atoms with E-state index in [0.717, 1.165) is 43.2 Å². The number of piperidine rings is 1. The van der Waals surface area contributed by atoms with Crippen LogP contribution in [0.5, 0.6) is 5.75 Å². The van der Waals surface area contributed by atoms with Crippen molar-refractivity contribution < 1.29 is 4.74 Å². The van der Waals surface area contributed by atoms with Crippen molar-refractivity contribution in [2.24, 2.45) is 7.05 Å². The number of aromatic nitrogens is 1. The minimum Gasteiger partial charge on any atom is -0.492 e. The van der Waals surface area contributed by atoms with E-state index < -0.39 is 0 Å². The molecule has 0 aliphatic carbocycles. The number of halogens is 1. The molecule has 1 aromatic heterocycles. The first kappa shape index (κ1) is 17.1. The number of benzene rings is 1. The number of aryl methyl sites for hydroxylation is 1. The summed E-state index contributed by atoms with van der Waals surface area (Å²) in [7, 11) is 1.79. The molecule has 5 heteroatoms. The smallest absolute Gasteiger partial charge is 0.250 e. The molecule has 0 amide bonds. The van der Waals surface area contributed by atoms with Gasteiger partial charge >= 0.3 is 0 Å². The van der Waals surface area contributed by atoms with Crippen molar-refractivity contribution in [3.8, 4) is 5.75 Å². The van der Waals surface area contributed by atoms with E-state index >= 15 is 0 Å². The Hall–Kier alpha value is -1.78. The molecular weight excluding hydrogens is 324 g/mol. The van der Waals surface area contributed by atoms with E-state index in [1.807, 2.05) is 30.5 Å². The van der Waals surface area contributed by atoms with Gasteiger partial charge in [0, 0.05) is 30.9 Å². The Bertz CT molecular complexity index is 719. The monoisotopic (exact) mass is 346 g/mol. The summed E-state index contributed by atoms with van der Waals surface area (Å²) in [4.78, 5) is 14.2. The Kier molecular flexibility index (Phi) is 5.59. The minimum atomic E-state index is 0.0753. The van der Waals surface area contributed by atoms with E-state index in [9.17, 15) is 4.79 Å². The highest BCUT2D eigenvalue weighted by molar-refractivity contribution is 6.30. The van der Waals surface area contributed by atoms with Crippen molar-refractivity contribution in [1.29, 1.82) is 0 Å². The molecule has 1 aliphatic rings. The number of nitrogens with zero attached hydrogens (tertiary/aromatic N) is 2. The molecule has 0 unspecified atom stereocenters. The maximum Gasteiger partial charge on any atom is 0.250 e. The summed E-state index contributed by atoms with van der Waals surface area (Å²) in [6.45, 7) is 3.69. The molecule has 4 nitrogen and oxygen atoms in total. The van der Waals surface area contributed by atoms with Crippen LogP contribution in [0.1, 0.15) is 24.3 Å². The molecule has 0 atom stereocenters. The molecule has 1 aliphatic heterocycles. The maximum absolute atomic E-state index is 11.8. The second-order valence-corrected chi connectivity index (χ2v) is 6.76. The lowest BCUT2D eigenvalue weighted by molar-refractivity contribution is 0.173. The number of pyridine rings is 1. The standard InChI is InChI=1S/C19H23ClN2O2/c1-21-9-6-16(14-19(21)23)15-7-10-22(11-8-15)12-13-24-18-4-2-17(20)3-5-18/h2-6,9,14-15H,7-8,10-13H2,1H3. The lowest BCUT2D eigenvalue weighted by Crippen LogP contribution is -2.36. The zero-order chi connectivity index (χ0) is 16.9. The summed E-state index contributed by atoms with van der Waals surface area (Å²) in [6, 6.07) is 11.3. The Morgan fingerprint density at radius 2 is 1.88 bits per heavy atom. The summed E-state index contributed by atoms with van der Waals surface area (Å²) in [5.41, 5.74) is 1.25. The van der Waals surface area contributed by atoms with E-state index in [4.69, 9.17) is 16.3 Å². The average Bonchev–Trinajstić information content (AvgIpc) is 2.60. The summed E-state index contributed by atoms with van der Waals surface area (Å²) in [5.74, 6) is 1.35. The normalized spacial score (nSPS) is 16.2. The average molecular weight is 347 g/mol. The van der Waals surface area contributed by atoms with Crippen molar-refractivity contribution in [2.45, 2.75) is 18.8 Å². The summed E-state index contributed by atoms with van der Waals surface area (Å²) in [5, 5.41) is 0.722. The number of rotatable bonds is 5. The van der Waals surface area contributed by atoms with Gasteiger partial charge in [0.05, 0.1) is 0 Å². The zero-order valence-corrected chi connectivity index (χ0v) is 14.7. The largest absolute Gasteiger partial charge is 0.492 e. The number of hydrogen-bond donors (Lipinski definition) is 0. The summed E-state index contributed by atoms with van der Waals surface area (Å²) < 4.78 is 7.38. The van der Waals surface area contributed by atoms with Gasteiger partial charge in [-0.1, -0.05) is 11.6 Å². The van der Waals surface area contributed by atoms with E-state index in [2.05, 4.69) is 11.0 Å². The third-order valence-corrected chi connectivity index (χ3v) is 4.93. The molecule has 0 saturated carbocycles. The fourth-order valence-corrected chi connectivity index (χ4v) is 3.26. The van der Waals surface area contributed by atoms with Crippen LogP contribution >= 0.6 is 11.6 Å². The first-order chi connectivity index (χ1) is 11.6. The van der Waals surface area contributed by atoms with Gasteiger partial charge in [-0.3, -0.25) is 9.69 Å². The SMILES string of the molecule is Cn1ccc(C2CCN(CCOc3ccc(Cl)cc3)CC2)cc1=O. The van der Waals surface area contributed by atoms with Crippen LogP contribution in [0.2, 0.25) is 5.02 Å². The van der Waals surface area contributed by atoms with Gasteiger partial charge in [-0.25, -0.2) is 0 Å². The number of ether oxygens (including phenoxy) is 1. The van der Waals surface area contributed by atoms with Gasteiger partial charge in [0.2, 0.25) is 0 Å². The van der Waals surface area contributed by atoms with E-state index in [-0.39, 0.29) is 5.56 Å². The third-order valence-electron chi connectivity index (χ3n) is 4.68. The van der Waals surface area contributed by atoms with Crippen LogP contribution in [0, 0.1) is 0 Å². The van der Waals surface area contributed by atoms with Crippen LogP contribution in [-0.2, 0) is 7.05 Å². The third kappa shape index (κ3) is 4.40. The predicted octanol–water partition coefficient (Wildman–Crippen LogP) is 3.30. The molecular formula is C19H23ClN2O2. The highest BCUT2D eigenvalue weighted by Gasteiger charge is 2.20. The molecule has 0 N–H and O–H groups in total. The molecule has 2 aromatic rings. The topological polar surface area (TPSA) is 34.5 Å². The Balaban J connectivity index is 1.44. The van der Waals surface area contributed by atoms with E-state index in [1.165, 1.54) is 5.56 Å². The first-order valence-corrected chi connectivity index (χ1v) is 8.77. The molecule has 2 heterocycles. The van der Waals surface area contributed by atoms with Gasteiger partial charge in [-0.15, -0.1) is 0 Å². The number of hydrogen-bond acceptors (Lipinski definition) is 3. The number of likely N-dealkylation sites (tertiary alicyclic amines) is 1. The summed E-state index contributed by atoms with van der Waals surface area (Å²) in [6.07, 6.45) is 4.05. The van der Waals surface area contributed by atoms with Gasteiger partial charge in [0.25, 0.3) is 5.56 Å². The van der Waals surface area contributed by atoms with Gasteiger partial charge in [0.1, 0.15) is 12.4 Å². The van der Waals surface area contributed by atoms with Crippen LogP contribution in [-0.4, -0.2) is 35.7 Å². The molecule has 24 heavy (non-hydrogen) atoms.